The van der Waals surface area contributed by atoms with Gasteiger partial charge in [-0.1, -0.05) is 22.9 Å². The number of hydrogen-bond acceptors (Lipinski definition) is 8. The zero-order chi connectivity index (χ0) is 27.4. The molecule has 12 heteroatoms. The maximum Gasteiger partial charge on any atom is 0.251 e. The van der Waals surface area contributed by atoms with Gasteiger partial charge in [0.1, 0.15) is 34.9 Å². The molecule has 0 unspecified atom stereocenters. The number of amides is 2. The first-order valence-electron chi connectivity index (χ1n) is 11.5. The second-order valence-electron chi connectivity index (χ2n) is 9.54. The van der Waals surface area contributed by atoms with E-state index >= 15 is 0 Å². The van der Waals surface area contributed by atoms with E-state index in [4.69, 9.17) is 27.8 Å². The lowest BCUT2D eigenvalue weighted by atomic mass is 9.82. The highest BCUT2D eigenvalue weighted by Crippen LogP contribution is 2.45. The summed E-state index contributed by atoms with van der Waals surface area (Å²) in [6.07, 6.45) is 0. The van der Waals surface area contributed by atoms with Crippen molar-refractivity contribution in [3.63, 3.8) is 0 Å². The topological polar surface area (TPSA) is 153 Å². The first kappa shape index (κ1) is 25.8. The van der Waals surface area contributed by atoms with E-state index in [2.05, 4.69) is 15.3 Å². The number of aliphatic hydroxyl groups is 1. The minimum absolute atomic E-state index is 0.0336. The standard InChI is InChI=1S/C26H23ClFN5O4S/c1-25(23(29)35)11-37-21-14(25)9-19(33-20(21)12-3-5-16(28)15(27)7-12)26(2,36)10-31-22(34)13-4-6-17-18(8-13)38-24(30)32-17/h3-9,36H,10-11H2,1-2H3,(H2,29,35)(H2,30,32)(H,31,34)/t25-,26-/m0/s1. The normalized spacial score (nSPS) is 18.0. The van der Waals surface area contributed by atoms with Crippen LogP contribution in [-0.2, 0) is 15.8 Å². The molecule has 38 heavy (non-hydrogen) atoms. The number of primary amides is 1. The van der Waals surface area contributed by atoms with Gasteiger partial charge in [0, 0.05) is 16.7 Å². The fraction of sp³-hybridized carbons (Fsp3) is 0.231. The molecule has 0 saturated carbocycles. The Balaban J connectivity index is 1.50. The van der Waals surface area contributed by atoms with Crippen molar-refractivity contribution in [1.82, 2.24) is 15.3 Å². The molecule has 0 saturated heterocycles. The summed E-state index contributed by atoms with van der Waals surface area (Å²) in [6, 6.07) is 10.6. The van der Waals surface area contributed by atoms with Crippen LogP contribution in [0.25, 0.3) is 21.5 Å². The molecule has 2 amide bonds. The number of ether oxygens (including phenoxy) is 1. The zero-order valence-electron chi connectivity index (χ0n) is 20.3. The van der Waals surface area contributed by atoms with E-state index in [-0.39, 0.29) is 35.3 Å². The van der Waals surface area contributed by atoms with Crippen molar-refractivity contribution in [3.8, 4) is 17.0 Å². The van der Waals surface area contributed by atoms with Crippen LogP contribution in [0.1, 0.15) is 35.5 Å². The van der Waals surface area contributed by atoms with Crippen molar-refractivity contribution in [1.29, 1.82) is 0 Å². The van der Waals surface area contributed by atoms with Crippen molar-refractivity contribution in [3.05, 3.63) is 70.1 Å². The first-order valence-corrected chi connectivity index (χ1v) is 12.7. The van der Waals surface area contributed by atoms with Gasteiger partial charge in [0.25, 0.3) is 5.91 Å². The predicted molar refractivity (Wildman–Crippen MR) is 143 cm³/mol. The molecule has 2 atom stereocenters. The monoisotopic (exact) mass is 555 g/mol. The second kappa shape index (κ2) is 9.19. The molecule has 0 aliphatic carbocycles. The van der Waals surface area contributed by atoms with Gasteiger partial charge in [-0.25, -0.2) is 14.4 Å². The van der Waals surface area contributed by atoms with E-state index in [0.717, 1.165) is 4.70 Å². The van der Waals surface area contributed by atoms with Gasteiger partial charge in [0.05, 0.1) is 27.5 Å². The molecule has 196 valence electrons. The Morgan fingerprint density at radius 3 is 2.74 bits per heavy atom. The molecule has 6 N–H and O–H groups in total. The average Bonchev–Trinajstić information content (AvgIpc) is 3.43. The maximum atomic E-state index is 13.9. The summed E-state index contributed by atoms with van der Waals surface area (Å²) < 4.78 is 20.4. The van der Waals surface area contributed by atoms with Crippen LogP contribution in [0, 0.1) is 5.82 Å². The lowest BCUT2D eigenvalue weighted by Crippen LogP contribution is -2.41. The Bertz CT molecular complexity index is 1620. The molecule has 5 rings (SSSR count). The first-order chi connectivity index (χ1) is 17.9. The third-order valence-corrected chi connectivity index (χ3v) is 7.76. The van der Waals surface area contributed by atoms with Gasteiger partial charge in [-0.2, -0.15) is 0 Å². The Labute approximate surface area is 225 Å². The van der Waals surface area contributed by atoms with Crippen molar-refractivity contribution in [2.75, 3.05) is 18.9 Å². The average molecular weight is 556 g/mol. The Hall–Kier alpha value is -3.80. The van der Waals surface area contributed by atoms with Crippen molar-refractivity contribution in [2.24, 2.45) is 5.73 Å². The highest BCUT2D eigenvalue weighted by Gasteiger charge is 2.45. The van der Waals surface area contributed by atoms with Crippen LogP contribution < -0.4 is 21.5 Å². The number of carbonyl (C=O) groups excluding carboxylic acids is 2. The number of nitrogen functional groups attached to an aromatic ring is 1. The van der Waals surface area contributed by atoms with Gasteiger partial charge in [-0.3, -0.25) is 9.59 Å². The molecular formula is C26H23ClFN5O4S. The van der Waals surface area contributed by atoms with E-state index in [0.29, 0.717) is 27.3 Å². The molecule has 9 nitrogen and oxygen atoms in total. The van der Waals surface area contributed by atoms with Crippen molar-refractivity contribution < 1.29 is 23.8 Å². The molecule has 0 radical (unpaired) electrons. The molecule has 2 aromatic heterocycles. The zero-order valence-corrected chi connectivity index (χ0v) is 21.9. The molecule has 1 aliphatic heterocycles. The lowest BCUT2D eigenvalue weighted by molar-refractivity contribution is -0.123. The van der Waals surface area contributed by atoms with Crippen molar-refractivity contribution >= 4 is 50.1 Å². The molecule has 3 heterocycles. The summed E-state index contributed by atoms with van der Waals surface area (Å²) in [7, 11) is 0. The van der Waals surface area contributed by atoms with E-state index < -0.39 is 28.6 Å². The Morgan fingerprint density at radius 2 is 2.03 bits per heavy atom. The van der Waals surface area contributed by atoms with Gasteiger partial charge < -0.3 is 26.6 Å². The number of thiazole rings is 1. The van der Waals surface area contributed by atoms with Gasteiger partial charge in [0.2, 0.25) is 5.91 Å². The summed E-state index contributed by atoms with van der Waals surface area (Å²) in [6.45, 7) is 2.87. The maximum absolute atomic E-state index is 13.9. The second-order valence-corrected chi connectivity index (χ2v) is 11.0. The van der Waals surface area contributed by atoms with Gasteiger partial charge in [-0.15, -0.1) is 0 Å². The number of benzene rings is 2. The highest BCUT2D eigenvalue weighted by atomic mass is 35.5. The fourth-order valence-electron chi connectivity index (χ4n) is 4.23. The predicted octanol–water partition coefficient (Wildman–Crippen LogP) is 3.51. The largest absolute Gasteiger partial charge is 0.489 e. The minimum Gasteiger partial charge on any atom is -0.489 e. The quantitative estimate of drug-likeness (QED) is 0.284. The number of carbonyl (C=O) groups is 2. The van der Waals surface area contributed by atoms with E-state index in [9.17, 15) is 19.1 Å². The van der Waals surface area contributed by atoms with Crippen LogP contribution in [0.3, 0.4) is 0 Å². The number of nitrogens with one attached hydrogen (secondary N) is 1. The van der Waals surface area contributed by atoms with E-state index in [1.165, 1.54) is 36.5 Å². The SMILES string of the molecule is C[C@](O)(CNC(=O)c1ccc2nc(N)sc2c1)c1cc2c(c(-c3ccc(F)c(Cl)c3)n1)OC[C@]2(C)C(N)=O. The van der Waals surface area contributed by atoms with Crippen LogP contribution in [0.5, 0.6) is 5.75 Å². The summed E-state index contributed by atoms with van der Waals surface area (Å²) >= 11 is 7.27. The number of nitrogens with two attached hydrogens (primary N) is 2. The fourth-order valence-corrected chi connectivity index (χ4v) is 5.19. The summed E-state index contributed by atoms with van der Waals surface area (Å²) in [5.74, 6) is -1.37. The van der Waals surface area contributed by atoms with Crippen LogP contribution >= 0.6 is 22.9 Å². The number of halogens is 2. The Morgan fingerprint density at radius 1 is 1.26 bits per heavy atom. The van der Waals surface area contributed by atoms with Crippen LogP contribution in [0.2, 0.25) is 5.02 Å². The van der Waals surface area contributed by atoms with Crippen LogP contribution in [0.15, 0.2) is 42.5 Å². The number of anilines is 1. The van der Waals surface area contributed by atoms with E-state index in [1.54, 1.807) is 31.2 Å². The van der Waals surface area contributed by atoms with E-state index in [1.807, 2.05) is 0 Å². The summed E-state index contributed by atoms with van der Waals surface area (Å²) in [4.78, 5) is 34.0. The minimum atomic E-state index is -1.68. The van der Waals surface area contributed by atoms with Crippen LogP contribution in [0.4, 0.5) is 9.52 Å². The Kier molecular flexibility index (Phi) is 6.25. The number of nitrogens with zero attached hydrogens (tertiary/aromatic N) is 2. The molecule has 0 fully saturated rings. The molecule has 0 spiro atoms. The summed E-state index contributed by atoms with van der Waals surface area (Å²) in [5, 5.41) is 14.4. The third-order valence-electron chi connectivity index (χ3n) is 6.62. The molecular weight excluding hydrogens is 533 g/mol. The van der Waals surface area contributed by atoms with Crippen molar-refractivity contribution in [2.45, 2.75) is 24.9 Å². The number of aromatic nitrogens is 2. The van der Waals surface area contributed by atoms with Gasteiger partial charge in [0.15, 0.2) is 5.13 Å². The van der Waals surface area contributed by atoms with Crippen LogP contribution in [-0.4, -0.2) is 40.0 Å². The van der Waals surface area contributed by atoms with Gasteiger partial charge >= 0.3 is 0 Å². The molecule has 1 aliphatic rings. The third kappa shape index (κ3) is 4.42. The smallest absolute Gasteiger partial charge is 0.251 e. The molecule has 2 aromatic carbocycles. The van der Waals surface area contributed by atoms with Gasteiger partial charge in [-0.05, 0) is 56.3 Å². The number of fused-ring (bicyclic) bond motifs is 2. The number of hydrogen-bond donors (Lipinski definition) is 4. The lowest BCUT2D eigenvalue weighted by Gasteiger charge is -2.26. The molecule has 4 aromatic rings. The highest BCUT2D eigenvalue weighted by molar-refractivity contribution is 7.22. The number of pyridine rings is 1. The number of rotatable bonds is 6. The summed E-state index contributed by atoms with van der Waals surface area (Å²) in [5.41, 5.74) is 10.9. The molecule has 0 bridgehead atoms.